The van der Waals surface area contributed by atoms with E-state index >= 15 is 0 Å². The van der Waals surface area contributed by atoms with Crippen LogP contribution in [0.15, 0.2) is 51.9 Å². The third-order valence-electron chi connectivity index (χ3n) is 5.84. The van der Waals surface area contributed by atoms with E-state index in [1.54, 1.807) is 6.07 Å². The van der Waals surface area contributed by atoms with Crippen LogP contribution in [-0.4, -0.2) is 16.5 Å². The van der Waals surface area contributed by atoms with Crippen LogP contribution < -0.4 is 5.32 Å². The predicted molar refractivity (Wildman–Crippen MR) is 126 cm³/mol. The fraction of sp³-hybridized carbons (Fsp3) is 0.480. The van der Waals surface area contributed by atoms with Gasteiger partial charge in [-0.05, 0) is 55.5 Å². The van der Waals surface area contributed by atoms with Gasteiger partial charge < -0.3 is 5.11 Å². The van der Waals surface area contributed by atoms with Crippen LogP contribution >= 0.6 is 15.9 Å². The molecule has 1 aliphatic rings. The molecule has 156 valence electrons. The van der Waals surface area contributed by atoms with E-state index in [-0.39, 0.29) is 11.7 Å². The number of benzene rings is 2. The second kappa shape index (κ2) is 9.90. The Kier molecular flexibility index (Phi) is 7.53. The molecule has 0 unspecified atom stereocenters. The Morgan fingerprint density at radius 1 is 1.10 bits per heavy atom. The Balaban J connectivity index is 1.92. The minimum atomic E-state index is -0.329. The third-order valence-corrected chi connectivity index (χ3v) is 6.34. The van der Waals surface area contributed by atoms with Gasteiger partial charge in [-0.15, -0.1) is 0 Å². The number of phenolic OH excluding ortho intramolecular Hbond substituents is 1. The van der Waals surface area contributed by atoms with Crippen molar-refractivity contribution < 1.29 is 5.11 Å². The zero-order valence-electron chi connectivity index (χ0n) is 17.8. The smallest absolute Gasteiger partial charge is 0.120 e. The van der Waals surface area contributed by atoms with Gasteiger partial charge in [-0.25, -0.2) is 0 Å². The molecule has 0 fully saturated rings. The number of hydrogen-bond donors (Lipinski definition) is 2. The highest BCUT2D eigenvalue weighted by molar-refractivity contribution is 9.10. The summed E-state index contributed by atoms with van der Waals surface area (Å²) in [5, 5.41) is 14.3. The number of nitrogens with one attached hydrogen (secondary N) is 1. The summed E-state index contributed by atoms with van der Waals surface area (Å²) in [6.45, 7) is 6.61. The normalized spacial score (nSPS) is 21.8. The van der Waals surface area contributed by atoms with E-state index in [0.29, 0.717) is 5.75 Å². The van der Waals surface area contributed by atoms with E-state index in [0.717, 1.165) is 41.4 Å². The topological polar surface area (TPSA) is 44.6 Å². The van der Waals surface area contributed by atoms with Crippen LogP contribution in [0, 0.1) is 0 Å². The van der Waals surface area contributed by atoms with Crippen molar-refractivity contribution in [2.45, 2.75) is 77.4 Å². The first-order chi connectivity index (χ1) is 13.9. The van der Waals surface area contributed by atoms with Crippen LogP contribution in [0.1, 0.15) is 82.0 Å². The first kappa shape index (κ1) is 22.0. The van der Waals surface area contributed by atoms with Gasteiger partial charge in [-0.3, -0.25) is 10.3 Å². The molecule has 2 N–H and O–H groups in total. The van der Waals surface area contributed by atoms with Crippen molar-refractivity contribution in [3.63, 3.8) is 0 Å². The molecule has 0 radical (unpaired) electrons. The molecular formula is C25H33BrN2O. The fourth-order valence-electron chi connectivity index (χ4n) is 4.13. The minimum absolute atomic E-state index is 0.0297. The number of nitrogens with zero attached hydrogens (tertiary/aromatic N) is 1. The first-order valence-corrected chi connectivity index (χ1v) is 11.7. The molecule has 2 aromatic rings. The van der Waals surface area contributed by atoms with Crippen LogP contribution in [0.25, 0.3) is 0 Å². The number of aromatic hydroxyl groups is 1. The van der Waals surface area contributed by atoms with E-state index in [2.05, 4.69) is 66.3 Å². The molecule has 3 rings (SSSR count). The Labute approximate surface area is 183 Å². The number of hydrogen-bond acceptors (Lipinski definition) is 3. The van der Waals surface area contributed by atoms with E-state index < -0.39 is 0 Å². The standard InChI is InChI=1S/C25H33BrN2O/c1-4-6-7-8-15-25(3)27-22(19-11-9-18(5-2)10-12-19)17-23(28-25)21-16-20(26)13-14-24(21)29/h9-14,16,23,28-29H,4-8,15,17H2,1-3H3/t23-,25-/m0/s1. The monoisotopic (exact) mass is 456 g/mol. The van der Waals surface area contributed by atoms with Crippen molar-refractivity contribution in [1.29, 1.82) is 0 Å². The van der Waals surface area contributed by atoms with Crippen molar-refractivity contribution >= 4 is 21.6 Å². The van der Waals surface area contributed by atoms with Gasteiger partial charge in [0.15, 0.2) is 0 Å². The lowest BCUT2D eigenvalue weighted by Gasteiger charge is -2.38. The summed E-state index contributed by atoms with van der Waals surface area (Å²) in [4.78, 5) is 5.18. The Hall–Kier alpha value is -1.65. The molecule has 2 aromatic carbocycles. The van der Waals surface area contributed by atoms with Crippen LogP contribution in [0.2, 0.25) is 0 Å². The minimum Gasteiger partial charge on any atom is -0.508 e. The average molecular weight is 457 g/mol. The first-order valence-electron chi connectivity index (χ1n) is 10.9. The van der Waals surface area contributed by atoms with Crippen molar-refractivity contribution in [2.75, 3.05) is 0 Å². The number of aryl methyl sites for hydroxylation is 1. The lowest BCUT2D eigenvalue weighted by atomic mass is 9.90. The van der Waals surface area contributed by atoms with Crippen LogP contribution in [0.3, 0.4) is 0 Å². The maximum Gasteiger partial charge on any atom is 0.120 e. The highest BCUT2D eigenvalue weighted by Gasteiger charge is 2.34. The summed E-state index contributed by atoms with van der Waals surface area (Å²) in [5.41, 5.74) is 4.24. The molecule has 0 saturated heterocycles. The summed E-state index contributed by atoms with van der Waals surface area (Å²) in [6, 6.07) is 14.5. The highest BCUT2D eigenvalue weighted by Crippen LogP contribution is 2.36. The van der Waals surface area contributed by atoms with Crippen molar-refractivity contribution in [3.05, 3.63) is 63.6 Å². The molecule has 0 amide bonds. The van der Waals surface area contributed by atoms with Gasteiger partial charge in [-0.2, -0.15) is 0 Å². The highest BCUT2D eigenvalue weighted by atomic mass is 79.9. The largest absolute Gasteiger partial charge is 0.508 e. The lowest BCUT2D eigenvalue weighted by molar-refractivity contribution is 0.277. The summed E-state index contributed by atoms with van der Waals surface area (Å²) < 4.78 is 0.980. The molecule has 3 nitrogen and oxygen atoms in total. The zero-order valence-corrected chi connectivity index (χ0v) is 19.4. The molecule has 0 aliphatic carbocycles. The van der Waals surface area contributed by atoms with Crippen LogP contribution in [-0.2, 0) is 6.42 Å². The zero-order chi connectivity index (χ0) is 20.9. The van der Waals surface area contributed by atoms with Gasteiger partial charge in [0, 0.05) is 28.2 Å². The Morgan fingerprint density at radius 3 is 2.55 bits per heavy atom. The number of unbranched alkanes of at least 4 members (excludes halogenated alkanes) is 3. The molecule has 4 heteroatoms. The molecule has 1 heterocycles. The van der Waals surface area contributed by atoms with Gasteiger partial charge in [0.2, 0.25) is 0 Å². The summed E-state index contributed by atoms with van der Waals surface area (Å²) in [6.07, 6.45) is 7.68. The summed E-state index contributed by atoms with van der Waals surface area (Å²) in [7, 11) is 0. The molecule has 0 aromatic heterocycles. The van der Waals surface area contributed by atoms with Crippen LogP contribution in [0.5, 0.6) is 5.75 Å². The molecule has 0 spiro atoms. The maximum absolute atomic E-state index is 10.5. The van der Waals surface area contributed by atoms with Crippen molar-refractivity contribution in [2.24, 2.45) is 4.99 Å². The number of aliphatic imine (C=N–C) groups is 1. The van der Waals surface area contributed by atoms with Gasteiger partial charge in [0.1, 0.15) is 11.4 Å². The maximum atomic E-state index is 10.5. The lowest BCUT2D eigenvalue weighted by Crippen LogP contribution is -2.47. The van der Waals surface area contributed by atoms with Gasteiger partial charge in [-0.1, -0.05) is 73.3 Å². The van der Waals surface area contributed by atoms with Gasteiger partial charge >= 0.3 is 0 Å². The molecule has 2 atom stereocenters. The van der Waals surface area contributed by atoms with Gasteiger partial charge in [0.25, 0.3) is 0 Å². The second-order valence-electron chi connectivity index (χ2n) is 8.30. The average Bonchev–Trinajstić information content (AvgIpc) is 2.72. The van der Waals surface area contributed by atoms with E-state index in [1.807, 2.05) is 12.1 Å². The second-order valence-corrected chi connectivity index (χ2v) is 9.21. The Bertz CT molecular complexity index is 846. The number of halogens is 1. The summed E-state index contributed by atoms with van der Waals surface area (Å²) in [5.74, 6) is 0.335. The molecule has 0 bridgehead atoms. The van der Waals surface area contributed by atoms with E-state index in [9.17, 15) is 5.11 Å². The fourth-order valence-corrected chi connectivity index (χ4v) is 4.51. The third kappa shape index (κ3) is 5.70. The van der Waals surface area contributed by atoms with Crippen molar-refractivity contribution in [3.8, 4) is 5.75 Å². The van der Waals surface area contributed by atoms with E-state index in [1.165, 1.54) is 30.4 Å². The van der Waals surface area contributed by atoms with Gasteiger partial charge in [0.05, 0.1) is 0 Å². The molecule has 0 saturated carbocycles. The molecule has 1 aliphatic heterocycles. The SMILES string of the molecule is CCCCCC[C@@]1(C)N=C(c2ccc(CC)cc2)C[C@@H](c2cc(Br)ccc2O)N1. The Morgan fingerprint density at radius 2 is 1.86 bits per heavy atom. The van der Waals surface area contributed by atoms with Crippen molar-refractivity contribution in [1.82, 2.24) is 5.32 Å². The number of phenols is 1. The summed E-state index contributed by atoms with van der Waals surface area (Å²) >= 11 is 3.56. The predicted octanol–water partition coefficient (Wildman–Crippen LogP) is 6.93. The van der Waals surface area contributed by atoms with E-state index in [4.69, 9.17) is 4.99 Å². The quantitative estimate of drug-likeness (QED) is 0.422. The van der Waals surface area contributed by atoms with Crippen LogP contribution in [0.4, 0.5) is 0 Å². The number of rotatable bonds is 8. The molecular weight excluding hydrogens is 424 g/mol. The molecule has 29 heavy (non-hydrogen) atoms.